The fourth-order valence-electron chi connectivity index (χ4n) is 2.92. The summed E-state index contributed by atoms with van der Waals surface area (Å²) in [4.78, 5) is 20.7. The second-order valence-corrected chi connectivity index (χ2v) is 9.02. The highest BCUT2D eigenvalue weighted by atomic mass is 35.5. The number of hydrogen-bond acceptors (Lipinski definition) is 5. The number of fused-ring (bicyclic) bond motifs is 1. The van der Waals surface area contributed by atoms with E-state index in [9.17, 15) is 4.79 Å². The van der Waals surface area contributed by atoms with Crippen LogP contribution in [0.3, 0.4) is 0 Å². The number of nitrogens with zero attached hydrogens (tertiary/aromatic N) is 2. The number of rotatable bonds is 6. The number of hydrogen-bond donors (Lipinski definition) is 0. The number of ether oxygens (including phenoxy) is 1. The minimum absolute atomic E-state index is 0.164. The number of oxime groups is 1. The van der Waals surface area contributed by atoms with Gasteiger partial charge in [-0.1, -0.05) is 55.2 Å². The molecule has 1 aromatic heterocycles. The summed E-state index contributed by atoms with van der Waals surface area (Å²) in [7, 11) is 0. The van der Waals surface area contributed by atoms with Crippen LogP contribution >= 0.6 is 34.5 Å². The van der Waals surface area contributed by atoms with Crippen LogP contribution in [0.25, 0.3) is 0 Å². The molecule has 2 aromatic rings. The molecule has 0 bridgehead atoms. The molecule has 0 aliphatic carbocycles. The Balaban J connectivity index is 1.87. The highest BCUT2D eigenvalue weighted by Crippen LogP contribution is 2.35. The highest BCUT2D eigenvalue weighted by Gasteiger charge is 2.27. The second kappa shape index (κ2) is 9.83. The first-order valence-electron chi connectivity index (χ1n) is 9.63. The Morgan fingerprint density at radius 2 is 2.03 bits per heavy atom. The van der Waals surface area contributed by atoms with E-state index >= 15 is 0 Å². The average Bonchev–Trinajstić information content (AvgIpc) is 3.07. The Bertz CT molecular complexity index is 891. The molecule has 1 aliphatic heterocycles. The van der Waals surface area contributed by atoms with E-state index in [-0.39, 0.29) is 11.9 Å². The zero-order chi connectivity index (χ0) is 21.0. The molecule has 8 heteroatoms. The topological polar surface area (TPSA) is 51.1 Å². The SMILES string of the molecule is CCCO/N=C(/c1c(Cl)cccc1Cl)N1CCc2sc(OC(=O)C(C)C)cc2C1. The Hall–Kier alpha value is -1.76. The molecule has 5 nitrogen and oxygen atoms in total. The maximum absolute atomic E-state index is 11.9. The molecule has 0 N–H and O–H groups in total. The molecule has 0 atom stereocenters. The lowest BCUT2D eigenvalue weighted by Crippen LogP contribution is -2.36. The van der Waals surface area contributed by atoms with Crippen LogP contribution in [0, 0.1) is 5.92 Å². The molecule has 0 spiro atoms. The summed E-state index contributed by atoms with van der Waals surface area (Å²) >= 11 is 14.4. The van der Waals surface area contributed by atoms with Crippen molar-refractivity contribution in [3.05, 3.63) is 50.3 Å². The number of thiophene rings is 1. The molecular weight excluding hydrogens is 431 g/mol. The van der Waals surface area contributed by atoms with E-state index in [1.165, 1.54) is 16.2 Å². The molecule has 0 fully saturated rings. The van der Waals surface area contributed by atoms with Crippen molar-refractivity contribution < 1.29 is 14.4 Å². The van der Waals surface area contributed by atoms with Crippen LogP contribution in [-0.4, -0.2) is 29.9 Å². The third-order valence-electron chi connectivity index (χ3n) is 4.45. The van der Waals surface area contributed by atoms with Gasteiger partial charge in [0.25, 0.3) is 0 Å². The van der Waals surface area contributed by atoms with E-state index in [1.54, 1.807) is 18.2 Å². The Morgan fingerprint density at radius 3 is 2.69 bits per heavy atom. The predicted octanol–water partition coefficient (Wildman–Crippen LogP) is 5.76. The van der Waals surface area contributed by atoms with Crippen molar-refractivity contribution >= 4 is 46.3 Å². The van der Waals surface area contributed by atoms with Gasteiger partial charge in [-0.15, -0.1) is 11.3 Å². The van der Waals surface area contributed by atoms with Crippen LogP contribution in [0.1, 0.15) is 43.2 Å². The number of benzene rings is 1. The summed E-state index contributed by atoms with van der Waals surface area (Å²) < 4.78 is 5.49. The fourth-order valence-corrected chi connectivity index (χ4v) is 4.51. The number of halogens is 2. The van der Waals surface area contributed by atoms with Crippen LogP contribution < -0.4 is 4.74 Å². The maximum Gasteiger partial charge on any atom is 0.314 e. The molecule has 29 heavy (non-hydrogen) atoms. The smallest absolute Gasteiger partial charge is 0.314 e. The van der Waals surface area contributed by atoms with Crippen LogP contribution in [0.4, 0.5) is 0 Å². The van der Waals surface area contributed by atoms with Gasteiger partial charge < -0.3 is 14.5 Å². The number of amidine groups is 1. The first-order chi connectivity index (χ1) is 13.9. The number of carbonyl (C=O) groups excluding carboxylic acids is 1. The van der Waals surface area contributed by atoms with Crippen molar-refractivity contribution in [3.8, 4) is 5.06 Å². The van der Waals surface area contributed by atoms with Crippen LogP contribution in [0.15, 0.2) is 29.4 Å². The summed E-state index contributed by atoms with van der Waals surface area (Å²) in [5.41, 5.74) is 1.77. The van der Waals surface area contributed by atoms with Gasteiger partial charge in [0.05, 0.1) is 21.5 Å². The minimum Gasteiger partial charge on any atom is -0.415 e. The van der Waals surface area contributed by atoms with Gasteiger partial charge in [0.1, 0.15) is 6.61 Å². The summed E-state index contributed by atoms with van der Waals surface area (Å²) in [5.74, 6) is 0.229. The molecule has 0 amide bonds. The van der Waals surface area contributed by atoms with Gasteiger partial charge in [-0.05, 0) is 36.6 Å². The molecule has 1 aromatic carbocycles. The zero-order valence-electron chi connectivity index (χ0n) is 16.7. The third-order valence-corrected chi connectivity index (χ3v) is 6.19. The van der Waals surface area contributed by atoms with Crippen LogP contribution in [0.5, 0.6) is 5.06 Å². The van der Waals surface area contributed by atoms with E-state index in [4.69, 9.17) is 32.8 Å². The van der Waals surface area contributed by atoms with Gasteiger partial charge in [-0.2, -0.15) is 0 Å². The van der Waals surface area contributed by atoms with Crippen molar-refractivity contribution in [3.63, 3.8) is 0 Å². The molecule has 2 heterocycles. The van der Waals surface area contributed by atoms with E-state index in [0.29, 0.717) is 39.7 Å². The maximum atomic E-state index is 11.9. The predicted molar refractivity (Wildman–Crippen MR) is 118 cm³/mol. The van der Waals surface area contributed by atoms with E-state index in [2.05, 4.69) is 10.1 Å². The second-order valence-electron chi connectivity index (χ2n) is 7.11. The zero-order valence-corrected chi connectivity index (χ0v) is 19.0. The van der Waals surface area contributed by atoms with Crippen LogP contribution in [-0.2, 0) is 22.6 Å². The molecule has 0 saturated heterocycles. The van der Waals surface area contributed by atoms with Gasteiger partial charge in [-0.25, -0.2) is 0 Å². The molecule has 0 unspecified atom stereocenters. The molecule has 3 rings (SSSR count). The van der Waals surface area contributed by atoms with E-state index in [0.717, 1.165) is 24.9 Å². The van der Waals surface area contributed by atoms with E-state index < -0.39 is 0 Å². The van der Waals surface area contributed by atoms with Crippen molar-refractivity contribution in [2.45, 2.75) is 40.2 Å². The molecule has 0 radical (unpaired) electrons. The van der Waals surface area contributed by atoms with Gasteiger partial charge in [0.15, 0.2) is 10.9 Å². The van der Waals surface area contributed by atoms with Crippen molar-refractivity contribution in [2.24, 2.45) is 11.1 Å². The standard InChI is InChI=1S/C21H24Cl2N2O3S/c1-4-10-27-24-20(19-15(22)6-5-7-16(19)23)25-9-8-17-14(12-25)11-18(29-17)28-21(26)13(2)3/h5-7,11,13H,4,8-10,12H2,1-3H3/b24-20-. The minimum atomic E-state index is -0.224. The molecular formula is C21H24Cl2N2O3S. The van der Waals surface area contributed by atoms with Gasteiger partial charge in [-0.3, -0.25) is 4.79 Å². The Kier molecular flexibility index (Phi) is 7.44. The summed E-state index contributed by atoms with van der Waals surface area (Å²) in [6.45, 7) is 7.53. The molecule has 1 aliphatic rings. The van der Waals surface area contributed by atoms with Crippen molar-refractivity contribution in [1.29, 1.82) is 0 Å². The average molecular weight is 455 g/mol. The monoisotopic (exact) mass is 454 g/mol. The lowest BCUT2D eigenvalue weighted by molar-refractivity contribution is -0.137. The van der Waals surface area contributed by atoms with Crippen molar-refractivity contribution in [2.75, 3.05) is 13.2 Å². The molecule has 0 saturated carbocycles. The fraction of sp³-hybridized carbons (Fsp3) is 0.429. The number of carbonyl (C=O) groups is 1. The quantitative estimate of drug-likeness (QED) is 0.183. The Morgan fingerprint density at radius 1 is 1.31 bits per heavy atom. The largest absolute Gasteiger partial charge is 0.415 e. The Labute approximate surface area is 185 Å². The van der Waals surface area contributed by atoms with Gasteiger partial charge in [0.2, 0.25) is 0 Å². The van der Waals surface area contributed by atoms with Gasteiger partial charge >= 0.3 is 5.97 Å². The lowest BCUT2D eigenvalue weighted by Gasteiger charge is -2.30. The highest BCUT2D eigenvalue weighted by molar-refractivity contribution is 7.14. The third kappa shape index (κ3) is 5.24. The summed E-state index contributed by atoms with van der Waals surface area (Å²) in [5, 5.41) is 6.06. The first-order valence-corrected chi connectivity index (χ1v) is 11.2. The van der Waals surface area contributed by atoms with Crippen LogP contribution in [0.2, 0.25) is 10.0 Å². The lowest BCUT2D eigenvalue weighted by atomic mass is 10.1. The summed E-state index contributed by atoms with van der Waals surface area (Å²) in [6, 6.07) is 7.33. The first kappa shape index (κ1) is 21.9. The normalized spacial score (nSPS) is 14.1. The summed E-state index contributed by atoms with van der Waals surface area (Å²) in [6.07, 6.45) is 1.67. The molecule has 156 valence electrons. The van der Waals surface area contributed by atoms with Crippen molar-refractivity contribution in [1.82, 2.24) is 4.90 Å². The van der Waals surface area contributed by atoms with Gasteiger partial charge in [0, 0.05) is 18.0 Å². The van der Waals surface area contributed by atoms with E-state index in [1.807, 2.05) is 26.8 Å². The number of esters is 1.